The van der Waals surface area contributed by atoms with E-state index in [1.165, 1.54) is 16.2 Å². The van der Waals surface area contributed by atoms with Gasteiger partial charge in [0, 0.05) is 19.2 Å². The van der Waals surface area contributed by atoms with Crippen LogP contribution in [0.2, 0.25) is 0 Å². The van der Waals surface area contributed by atoms with Crippen molar-refractivity contribution in [2.45, 2.75) is 64.7 Å². The number of thioether (sulfide) groups is 1. The van der Waals surface area contributed by atoms with Crippen LogP contribution in [0.3, 0.4) is 0 Å². The number of para-hydroxylation sites is 1. The molecule has 3 heterocycles. The lowest BCUT2D eigenvalue weighted by Gasteiger charge is -2.14. The molecule has 4 rings (SSSR count). The van der Waals surface area contributed by atoms with Crippen LogP contribution in [0, 0.1) is 6.92 Å². The van der Waals surface area contributed by atoms with Crippen molar-refractivity contribution in [2.75, 3.05) is 6.54 Å². The summed E-state index contributed by atoms with van der Waals surface area (Å²) in [5.74, 6) is -0.230. The van der Waals surface area contributed by atoms with Crippen LogP contribution in [-0.4, -0.2) is 42.1 Å². The van der Waals surface area contributed by atoms with Crippen molar-refractivity contribution in [3.8, 4) is 11.6 Å². The third-order valence-corrected chi connectivity index (χ3v) is 8.08. The highest BCUT2D eigenvalue weighted by molar-refractivity contribution is 8.26. The lowest BCUT2D eigenvalue weighted by Crippen LogP contribution is -2.29. The van der Waals surface area contributed by atoms with Crippen molar-refractivity contribution in [1.82, 2.24) is 14.3 Å². The Morgan fingerprint density at radius 1 is 1.00 bits per heavy atom. The summed E-state index contributed by atoms with van der Waals surface area (Å²) in [6.45, 7) is 2.44. The number of fused-ring (bicyclic) bond motifs is 1. The number of carboxylic acids is 1. The number of aryl methyl sites for hydroxylation is 1. The van der Waals surface area contributed by atoms with Gasteiger partial charge in [-0.1, -0.05) is 86.8 Å². The Morgan fingerprint density at radius 2 is 1.68 bits per heavy atom. The average molecular weight is 580 g/mol. The Hall–Kier alpha value is -3.50. The number of nitrogens with zero attached hydrogens (tertiary/aromatic N) is 3. The number of hydrogen-bond acceptors (Lipinski definition) is 7. The molecule has 1 aliphatic heterocycles. The lowest BCUT2D eigenvalue weighted by atomic mass is 10.1. The Balaban J connectivity index is 1.41. The number of thiocarbonyl (C=S) groups is 1. The van der Waals surface area contributed by atoms with Crippen LogP contribution in [0.4, 0.5) is 0 Å². The number of aliphatic carboxylic acids is 1. The SMILES string of the molecule is Cc1ccccc1Oc1nc2ccccn2c(=O)c1/C=C1/SC(=S)N(CCCCCCCCCCC(=O)O)C1=O. The lowest BCUT2D eigenvalue weighted by molar-refractivity contribution is -0.137. The van der Waals surface area contributed by atoms with E-state index in [0.717, 1.165) is 56.9 Å². The molecule has 0 aliphatic carbocycles. The van der Waals surface area contributed by atoms with Gasteiger partial charge in [0.1, 0.15) is 21.3 Å². The molecule has 3 aromatic rings. The van der Waals surface area contributed by atoms with E-state index in [1.807, 2.05) is 31.2 Å². The van der Waals surface area contributed by atoms with E-state index in [0.29, 0.717) is 27.2 Å². The summed E-state index contributed by atoms with van der Waals surface area (Å²) >= 11 is 6.70. The maximum Gasteiger partial charge on any atom is 0.303 e. The van der Waals surface area contributed by atoms with E-state index < -0.39 is 5.97 Å². The molecule has 1 aromatic carbocycles. The molecule has 1 aliphatic rings. The molecule has 0 bridgehead atoms. The number of aromatic nitrogens is 2. The predicted octanol–water partition coefficient (Wildman–Crippen LogP) is 6.59. The second-order valence-corrected chi connectivity index (χ2v) is 11.4. The van der Waals surface area contributed by atoms with E-state index in [2.05, 4.69) is 4.98 Å². The second kappa shape index (κ2) is 14.2. The summed E-state index contributed by atoms with van der Waals surface area (Å²) in [6.07, 6.45) is 11.2. The fourth-order valence-corrected chi connectivity index (χ4v) is 5.78. The first kappa shape index (κ1) is 29.5. The van der Waals surface area contributed by atoms with Crippen molar-refractivity contribution >= 4 is 51.9 Å². The third-order valence-electron chi connectivity index (χ3n) is 6.71. The zero-order chi connectivity index (χ0) is 28.5. The second-order valence-electron chi connectivity index (χ2n) is 9.74. The van der Waals surface area contributed by atoms with Gasteiger partial charge in [0.2, 0.25) is 5.88 Å². The predicted molar refractivity (Wildman–Crippen MR) is 162 cm³/mol. The summed E-state index contributed by atoms with van der Waals surface area (Å²) in [5, 5.41) is 8.69. The van der Waals surface area contributed by atoms with Gasteiger partial charge in [0.05, 0.1) is 4.91 Å². The van der Waals surface area contributed by atoms with Gasteiger partial charge in [0.15, 0.2) is 0 Å². The Kier molecular flexibility index (Phi) is 10.5. The Labute approximate surface area is 243 Å². The summed E-state index contributed by atoms with van der Waals surface area (Å²) in [7, 11) is 0. The van der Waals surface area contributed by atoms with Gasteiger partial charge < -0.3 is 9.84 Å². The first-order valence-electron chi connectivity index (χ1n) is 13.6. The molecule has 0 atom stereocenters. The number of rotatable bonds is 14. The first-order valence-corrected chi connectivity index (χ1v) is 14.8. The van der Waals surface area contributed by atoms with Crippen molar-refractivity contribution in [3.05, 3.63) is 75.0 Å². The van der Waals surface area contributed by atoms with Crippen molar-refractivity contribution in [1.29, 1.82) is 0 Å². The number of unbranched alkanes of at least 4 members (excludes halogenated alkanes) is 7. The minimum Gasteiger partial charge on any atom is -0.481 e. The van der Waals surface area contributed by atoms with Crippen LogP contribution in [0.15, 0.2) is 58.4 Å². The molecule has 40 heavy (non-hydrogen) atoms. The average Bonchev–Trinajstić information content (AvgIpc) is 3.20. The summed E-state index contributed by atoms with van der Waals surface area (Å²) in [4.78, 5) is 43.9. The minimum absolute atomic E-state index is 0.138. The fraction of sp³-hybridized carbons (Fsp3) is 0.367. The largest absolute Gasteiger partial charge is 0.481 e. The van der Waals surface area contributed by atoms with Crippen molar-refractivity contribution < 1.29 is 19.4 Å². The van der Waals surface area contributed by atoms with Crippen LogP contribution in [0.5, 0.6) is 11.6 Å². The molecule has 1 saturated heterocycles. The smallest absolute Gasteiger partial charge is 0.303 e. The quantitative estimate of drug-likeness (QED) is 0.130. The van der Waals surface area contributed by atoms with Gasteiger partial charge in [0.25, 0.3) is 11.5 Å². The fourth-order valence-electron chi connectivity index (χ4n) is 4.49. The molecular weight excluding hydrogens is 546 g/mol. The summed E-state index contributed by atoms with van der Waals surface area (Å²) < 4.78 is 8.02. The monoisotopic (exact) mass is 579 g/mol. The van der Waals surface area contributed by atoms with E-state index in [4.69, 9.17) is 22.1 Å². The van der Waals surface area contributed by atoms with E-state index in [1.54, 1.807) is 35.4 Å². The number of ether oxygens (including phenoxy) is 1. The maximum atomic E-state index is 13.5. The molecule has 210 valence electrons. The van der Waals surface area contributed by atoms with Crippen molar-refractivity contribution in [3.63, 3.8) is 0 Å². The highest BCUT2D eigenvalue weighted by Crippen LogP contribution is 2.34. The zero-order valence-electron chi connectivity index (χ0n) is 22.5. The van der Waals surface area contributed by atoms with Crippen LogP contribution >= 0.6 is 24.0 Å². The molecular formula is C30H33N3O5S2. The molecule has 0 unspecified atom stereocenters. The van der Waals surface area contributed by atoms with Gasteiger partial charge >= 0.3 is 5.97 Å². The molecule has 1 N–H and O–H groups in total. The van der Waals surface area contributed by atoms with E-state index in [-0.39, 0.29) is 29.3 Å². The van der Waals surface area contributed by atoms with Gasteiger partial charge in [-0.3, -0.25) is 23.7 Å². The molecule has 1 amide bonds. The van der Waals surface area contributed by atoms with Gasteiger partial charge in [-0.25, -0.2) is 0 Å². The number of pyridine rings is 1. The summed E-state index contributed by atoms with van der Waals surface area (Å²) in [6, 6.07) is 12.8. The zero-order valence-corrected chi connectivity index (χ0v) is 24.1. The number of carbonyl (C=O) groups excluding carboxylic acids is 1. The van der Waals surface area contributed by atoms with Gasteiger partial charge in [-0.05, 0) is 49.6 Å². The standard InChI is InChI=1S/C30H33N3O5S2/c1-21-14-9-10-15-23(21)38-27-22(28(36)32-18-13-11-16-25(32)31-27)20-24-29(37)33(30(39)40-24)19-12-7-5-3-2-4-6-8-17-26(34)35/h9-11,13-16,18,20H,2-8,12,17,19H2,1H3,(H,34,35)/b24-20+. The number of carboxylic acid groups (broad SMARTS) is 1. The molecule has 0 spiro atoms. The molecule has 1 fully saturated rings. The highest BCUT2D eigenvalue weighted by atomic mass is 32.2. The third kappa shape index (κ3) is 7.57. The van der Waals surface area contributed by atoms with Gasteiger partial charge in [-0.15, -0.1) is 0 Å². The number of hydrogen-bond donors (Lipinski definition) is 1. The van der Waals surface area contributed by atoms with Crippen LogP contribution < -0.4 is 10.3 Å². The maximum absolute atomic E-state index is 13.5. The number of amides is 1. The van der Waals surface area contributed by atoms with Crippen LogP contribution in [0.1, 0.15) is 68.9 Å². The summed E-state index contributed by atoms with van der Waals surface area (Å²) in [5.41, 5.74) is 1.20. The van der Waals surface area contributed by atoms with Crippen molar-refractivity contribution in [2.24, 2.45) is 0 Å². The van der Waals surface area contributed by atoms with Crippen LogP contribution in [0.25, 0.3) is 11.7 Å². The van der Waals surface area contributed by atoms with E-state index in [9.17, 15) is 14.4 Å². The number of benzene rings is 1. The van der Waals surface area contributed by atoms with Crippen LogP contribution in [-0.2, 0) is 9.59 Å². The number of carbonyl (C=O) groups is 2. The topological polar surface area (TPSA) is 101 Å². The molecule has 10 heteroatoms. The van der Waals surface area contributed by atoms with Gasteiger partial charge in [-0.2, -0.15) is 4.98 Å². The normalized spacial score (nSPS) is 14.4. The Morgan fingerprint density at radius 3 is 2.40 bits per heavy atom. The van der Waals surface area contributed by atoms with E-state index >= 15 is 0 Å². The molecule has 2 aromatic heterocycles. The highest BCUT2D eigenvalue weighted by Gasteiger charge is 2.32. The first-order chi connectivity index (χ1) is 19.3. The molecule has 8 nitrogen and oxygen atoms in total. The minimum atomic E-state index is -0.733. The Bertz CT molecular complexity index is 1480. The molecule has 0 saturated carbocycles. The molecule has 0 radical (unpaired) electrons.